The number of carbonyl (C=O) groups excluding carboxylic acids is 1. The highest BCUT2D eigenvalue weighted by atomic mass is 16.7. The van der Waals surface area contributed by atoms with Crippen molar-refractivity contribution in [3.8, 4) is 5.75 Å². The lowest BCUT2D eigenvalue weighted by molar-refractivity contribution is -0.348. The number of hydrogen-bond acceptors (Lipinski definition) is 12. The largest absolute Gasteiger partial charge is 0.491 e. The Bertz CT molecular complexity index is 783. The first kappa shape index (κ1) is 27.7. The predicted octanol–water partition coefficient (Wildman–Crippen LogP) is -3.15. The van der Waals surface area contributed by atoms with Crippen LogP contribution in [0.1, 0.15) is 6.92 Å². The van der Waals surface area contributed by atoms with Crippen LogP contribution in [0.15, 0.2) is 30.3 Å². The Morgan fingerprint density at radius 3 is 2.17 bits per heavy atom. The molecule has 1 aromatic rings. The summed E-state index contributed by atoms with van der Waals surface area (Å²) in [6.07, 6.45) is -13.1. The van der Waals surface area contributed by atoms with Gasteiger partial charge >= 0.3 is 0 Å². The van der Waals surface area contributed by atoms with Gasteiger partial charge in [0, 0.05) is 6.92 Å². The molecule has 0 aromatic heterocycles. The van der Waals surface area contributed by atoms with Gasteiger partial charge < -0.3 is 59.6 Å². The first-order chi connectivity index (χ1) is 16.8. The smallest absolute Gasteiger partial charge is 0.217 e. The maximum absolute atomic E-state index is 11.8. The van der Waals surface area contributed by atoms with Crippen LogP contribution in [-0.2, 0) is 23.7 Å². The van der Waals surface area contributed by atoms with Gasteiger partial charge in [0.1, 0.15) is 61.1 Å². The number of benzene rings is 1. The van der Waals surface area contributed by atoms with E-state index in [0.717, 1.165) is 0 Å². The average Bonchev–Trinajstić information content (AvgIpc) is 2.85. The van der Waals surface area contributed by atoms with Crippen molar-refractivity contribution in [2.45, 2.75) is 68.3 Å². The lowest BCUT2D eigenvalue weighted by Gasteiger charge is -2.47. The summed E-state index contributed by atoms with van der Waals surface area (Å²) in [5.41, 5.74) is 0. The van der Waals surface area contributed by atoms with Crippen LogP contribution in [0.25, 0.3) is 0 Å². The Morgan fingerprint density at radius 2 is 1.54 bits per heavy atom. The van der Waals surface area contributed by atoms with Gasteiger partial charge in [0.25, 0.3) is 0 Å². The molecular weight excluding hydrogens is 470 g/mol. The van der Waals surface area contributed by atoms with Crippen LogP contribution in [0, 0.1) is 0 Å². The van der Waals surface area contributed by atoms with Crippen LogP contribution in [0.3, 0.4) is 0 Å². The van der Waals surface area contributed by atoms with Crippen molar-refractivity contribution >= 4 is 5.91 Å². The van der Waals surface area contributed by atoms with E-state index in [4.69, 9.17) is 23.7 Å². The summed E-state index contributed by atoms with van der Waals surface area (Å²) in [6.45, 7) is 0.0910. The summed E-state index contributed by atoms with van der Waals surface area (Å²) in [4.78, 5) is 11.8. The van der Waals surface area contributed by atoms with E-state index in [1.54, 1.807) is 12.1 Å². The molecule has 0 bridgehead atoms. The molecule has 0 radical (unpaired) electrons. The van der Waals surface area contributed by atoms with Gasteiger partial charge in [-0.3, -0.25) is 4.79 Å². The topological polar surface area (TPSA) is 197 Å². The average molecular weight is 504 g/mol. The number of rotatable bonds is 10. The summed E-state index contributed by atoms with van der Waals surface area (Å²) >= 11 is 0. The standard InChI is InChI=1S/C22H33NO12/c1-11(26)23-15-17(28)20(35-22-19(30)18(29)16(27)13(9-24)33-22)14(10-25)34-21(15)32-8-7-31-12-5-3-2-4-6-12/h2-6,13-22,24-25,27-30H,7-10H2,1H3,(H,23,26)/t13-,14-,15-,16+,17-,18+,19-,20?,21-,22+/m1/s1. The van der Waals surface area contributed by atoms with Gasteiger partial charge in [0.15, 0.2) is 12.6 Å². The van der Waals surface area contributed by atoms with Crippen LogP contribution in [0.2, 0.25) is 0 Å². The molecule has 2 fully saturated rings. The molecule has 35 heavy (non-hydrogen) atoms. The van der Waals surface area contributed by atoms with Gasteiger partial charge in [-0.2, -0.15) is 0 Å². The number of aliphatic hydroxyl groups is 6. The van der Waals surface area contributed by atoms with Crippen molar-refractivity contribution in [2.75, 3.05) is 26.4 Å². The minimum absolute atomic E-state index is 0.0265. The van der Waals surface area contributed by atoms with Crippen LogP contribution < -0.4 is 10.1 Å². The highest BCUT2D eigenvalue weighted by molar-refractivity contribution is 5.73. The Kier molecular flexibility index (Phi) is 10.2. The normalized spacial score (nSPS) is 37.6. The Labute approximate surface area is 201 Å². The summed E-state index contributed by atoms with van der Waals surface area (Å²) < 4.78 is 27.9. The zero-order valence-electron chi connectivity index (χ0n) is 19.1. The molecule has 198 valence electrons. The Balaban J connectivity index is 1.67. The zero-order chi connectivity index (χ0) is 25.5. The van der Waals surface area contributed by atoms with E-state index < -0.39 is 80.5 Å². The third-order valence-electron chi connectivity index (χ3n) is 5.74. The number of para-hydroxylation sites is 1. The van der Waals surface area contributed by atoms with Crippen molar-refractivity contribution in [3.05, 3.63) is 30.3 Å². The van der Waals surface area contributed by atoms with E-state index >= 15 is 0 Å². The fourth-order valence-electron chi connectivity index (χ4n) is 3.94. The van der Waals surface area contributed by atoms with E-state index in [1.807, 2.05) is 18.2 Å². The lowest BCUT2D eigenvalue weighted by atomic mass is 9.95. The van der Waals surface area contributed by atoms with E-state index in [-0.39, 0.29) is 13.2 Å². The molecule has 3 rings (SSSR count). The second kappa shape index (κ2) is 12.9. The number of ether oxygens (including phenoxy) is 5. The maximum atomic E-state index is 11.8. The molecule has 13 nitrogen and oxygen atoms in total. The number of hydrogen-bond donors (Lipinski definition) is 7. The minimum Gasteiger partial charge on any atom is -0.491 e. The van der Waals surface area contributed by atoms with Crippen molar-refractivity contribution in [1.29, 1.82) is 0 Å². The van der Waals surface area contributed by atoms with E-state index in [9.17, 15) is 35.4 Å². The molecule has 1 aromatic carbocycles. The number of carbonyl (C=O) groups is 1. The van der Waals surface area contributed by atoms with E-state index in [2.05, 4.69) is 5.32 Å². The van der Waals surface area contributed by atoms with E-state index in [0.29, 0.717) is 5.75 Å². The lowest BCUT2D eigenvalue weighted by Crippen LogP contribution is -2.67. The van der Waals surface area contributed by atoms with Gasteiger partial charge in [0.05, 0.1) is 19.8 Å². The molecule has 2 aliphatic heterocycles. The number of amides is 1. The van der Waals surface area contributed by atoms with Gasteiger partial charge in [-0.25, -0.2) is 0 Å². The maximum Gasteiger partial charge on any atom is 0.217 e. The second-order valence-corrected chi connectivity index (χ2v) is 8.27. The monoisotopic (exact) mass is 503 g/mol. The highest BCUT2D eigenvalue weighted by Gasteiger charge is 2.51. The summed E-state index contributed by atoms with van der Waals surface area (Å²) in [7, 11) is 0. The zero-order valence-corrected chi connectivity index (χ0v) is 19.1. The molecule has 1 unspecified atom stereocenters. The van der Waals surface area contributed by atoms with Crippen molar-refractivity contribution < 1.29 is 59.1 Å². The fourth-order valence-corrected chi connectivity index (χ4v) is 3.94. The molecule has 0 spiro atoms. The molecule has 10 atom stereocenters. The number of nitrogens with one attached hydrogen (secondary N) is 1. The molecule has 0 saturated carbocycles. The second-order valence-electron chi connectivity index (χ2n) is 8.27. The SMILES string of the molecule is CC(=O)N[C@H]1[C@H](OCCOc2ccccc2)O[C@H](CO)C(O[C@@H]2O[C@H](CO)[C@H](O)[C@H](O)[C@H]2O)[C@@H]1O. The van der Waals surface area contributed by atoms with Crippen molar-refractivity contribution in [3.63, 3.8) is 0 Å². The van der Waals surface area contributed by atoms with Crippen molar-refractivity contribution in [2.24, 2.45) is 0 Å². The van der Waals surface area contributed by atoms with Crippen molar-refractivity contribution in [1.82, 2.24) is 5.32 Å². The molecule has 13 heteroatoms. The molecule has 2 heterocycles. The third kappa shape index (κ3) is 6.86. The van der Waals surface area contributed by atoms with Crippen LogP contribution >= 0.6 is 0 Å². The molecule has 1 amide bonds. The van der Waals surface area contributed by atoms with Gasteiger partial charge in [-0.15, -0.1) is 0 Å². The summed E-state index contributed by atoms with van der Waals surface area (Å²) in [5, 5.41) is 63.0. The molecule has 2 aliphatic rings. The summed E-state index contributed by atoms with van der Waals surface area (Å²) in [6, 6.07) is 7.86. The highest BCUT2D eigenvalue weighted by Crippen LogP contribution is 2.29. The molecule has 7 N–H and O–H groups in total. The molecular formula is C22H33NO12. The van der Waals surface area contributed by atoms with Crippen LogP contribution in [-0.4, -0.2) is 124 Å². The first-order valence-corrected chi connectivity index (χ1v) is 11.2. The Hall–Kier alpha value is -1.91. The first-order valence-electron chi connectivity index (χ1n) is 11.2. The van der Waals surface area contributed by atoms with Crippen LogP contribution in [0.4, 0.5) is 0 Å². The quantitative estimate of drug-likeness (QED) is 0.159. The van der Waals surface area contributed by atoms with E-state index in [1.165, 1.54) is 6.92 Å². The summed E-state index contributed by atoms with van der Waals surface area (Å²) in [5.74, 6) is 0.126. The van der Waals surface area contributed by atoms with Gasteiger partial charge in [-0.05, 0) is 12.1 Å². The molecule has 2 saturated heterocycles. The minimum atomic E-state index is -1.73. The molecule has 0 aliphatic carbocycles. The van der Waals surface area contributed by atoms with Gasteiger partial charge in [0.2, 0.25) is 5.91 Å². The van der Waals surface area contributed by atoms with Crippen LogP contribution in [0.5, 0.6) is 5.75 Å². The predicted molar refractivity (Wildman–Crippen MR) is 116 cm³/mol. The van der Waals surface area contributed by atoms with Gasteiger partial charge in [-0.1, -0.05) is 18.2 Å². The third-order valence-corrected chi connectivity index (χ3v) is 5.74. The number of aliphatic hydroxyl groups excluding tert-OH is 6. The fraction of sp³-hybridized carbons (Fsp3) is 0.682. The Morgan fingerprint density at radius 1 is 0.886 bits per heavy atom.